The summed E-state index contributed by atoms with van der Waals surface area (Å²) in [6, 6.07) is -0.313. The summed E-state index contributed by atoms with van der Waals surface area (Å²) in [5, 5.41) is 3.15. The molecule has 2 rings (SSSR count). The molecule has 0 aromatic heterocycles. The van der Waals surface area contributed by atoms with Crippen molar-refractivity contribution < 1.29 is 17.9 Å². The van der Waals surface area contributed by atoms with E-state index in [0.717, 1.165) is 0 Å². The molecule has 2 N–H and O–H groups in total. The summed E-state index contributed by atoms with van der Waals surface area (Å²) < 4.78 is 31.0. The van der Waals surface area contributed by atoms with Gasteiger partial charge in [-0.3, -0.25) is 4.79 Å². The van der Waals surface area contributed by atoms with Crippen LogP contribution in [0.2, 0.25) is 0 Å². The predicted octanol–water partition coefficient (Wildman–Crippen LogP) is -1.09. The first-order valence-corrected chi connectivity index (χ1v) is 8.77. The van der Waals surface area contributed by atoms with Gasteiger partial charge in [-0.2, -0.15) is 0 Å². The molecule has 0 aromatic rings. The number of carbonyl (C=O) groups is 1. The fourth-order valence-electron chi connectivity index (χ4n) is 2.50. The molecular formula is C12H23N3O4S. The molecule has 1 atom stereocenters. The molecule has 0 aliphatic carbocycles. The quantitative estimate of drug-likeness (QED) is 0.689. The zero-order chi connectivity index (χ0) is 14.6. The van der Waals surface area contributed by atoms with Crippen LogP contribution in [0.15, 0.2) is 0 Å². The van der Waals surface area contributed by atoms with Crippen molar-refractivity contribution in [3.05, 3.63) is 0 Å². The van der Waals surface area contributed by atoms with Crippen molar-refractivity contribution in [2.45, 2.75) is 31.8 Å². The van der Waals surface area contributed by atoms with Crippen LogP contribution in [0.5, 0.6) is 0 Å². The van der Waals surface area contributed by atoms with Gasteiger partial charge in [0.25, 0.3) is 0 Å². The lowest BCUT2D eigenvalue weighted by molar-refractivity contribution is -0.137. The van der Waals surface area contributed by atoms with Gasteiger partial charge >= 0.3 is 0 Å². The predicted molar refractivity (Wildman–Crippen MR) is 74.8 cm³/mol. The number of hydrogen-bond acceptors (Lipinski definition) is 5. The maximum atomic E-state index is 12.2. The highest BCUT2D eigenvalue weighted by atomic mass is 32.2. The Kier molecular flexibility index (Phi) is 5.36. The number of hydrogen-bond donors (Lipinski definition) is 2. The molecule has 0 radical (unpaired) electrons. The summed E-state index contributed by atoms with van der Waals surface area (Å²) in [6.45, 7) is 4.56. The van der Waals surface area contributed by atoms with E-state index in [2.05, 4.69) is 10.0 Å². The minimum Gasteiger partial charge on any atom is -0.378 e. The Bertz CT molecular complexity index is 426. The first-order chi connectivity index (χ1) is 9.52. The Balaban J connectivity index is 1.80. The molecular weight excluding hydrogens is 282 g/mol. The van der Waals surface area contributed by atoms with Crippen LogP contribution < -0.4 is 10.0 Å². The molecule has 1 amide bonds. The normalized spacial score (nSPS) is 25.6. The lowest BCUT2D eigenvalue weighted by Crippen LogP contribution is -2.55. The van der Waals surface area contributed by atoms with Crippen molar-refractivity contribution in [3.63, 3.8) is 0 Å². The number of rotatable bonds is 4. The van der Waals surface area contributed by atoms with E-state index in [0.29, 0.717) is 45.7 Å². The van der Waals surface area contributed by atoms with Crippen LogP contribution in [-0.2, 0) is 19.6 Å². The highest BCUT2D eigenvalue weighted by Gasteiger charge is 2.30. The highest BCUT2D eigenvalue weighted by molar-refractivity contribution is 7.89. The van der Waals surface area contributed by atoms with E-state index in [1.165, 1.54) is 0 Å². The van der Waals surface area contributed by atoms with E-state index in [-0.39, 0.29) is 23.7 Å². The maximum Gasteiger partial charge on any atom is 0.242 e. The van der Waals surface area contributed by atoms with Gasteiger partial charge in [0.05, 0.1) is 19.0 Å². The number of sulfonamides is 1. The SMILES string of the molecule is CCS(=O)(=O)NC1CCN(C(=O)C2COCCN2)CC1. The Labute approximate surface area is 120 Å². The average Bonchev–Trinajstić information content (AvgIpc) is 2.48. The lowest BCUT2D eigenvalue weighted by Gasteiger charge is -2.35. The molecule has 2 aliphatic heterocycles. The molecule has 116 valence electrons. The second-order valence-corrected chi connectivity index (χ2v) is 7.25. The monoisotopic (exact) mass is 305 g/mol. The molecule has 0 spiro atoms. The van der Waals surface area contributed by atoms with Gasteiger partial charge in [0.15, 0.2) is 0 Å². The Morgan fingerprint density at radius 2 is 2.10 bits per heavy atom. The van der Waals surface area contributed by atoms with Gasteiger partial charge in [-0.05, 0) is 19.8 Å². The van der Waals surface area contributed by atoms with Crippen LogP contribution in [0.3, 0.4) is 0 Å². The fourth-order valence-corrected chi connectivity index (χ4v) is 3.41. The number of morpholine rings is 1. The largest absolute Gasteiger partial charge is 0.378 e. The van der Waals surface area contributed by atoms with E-state index in [9.17, 15) is 13.2 Å². The molecule has 2 heterocycles. The minimum absolute atomic E-state index is 0.0560. The lowest BCUT2D eigenvalue weighted by atomic mass is 10.1. The molecule has 7 nitrogen and oxygen atoms in total. The molecule has 1 unspecified atom stereocenters. The molecule has 8 heteroatoms. The van der Waals surface area contributed by atoms with Gasteiger partial charge in [-0.1, -0.05) is 0 Å². The first kappa shape index (κ1) is 15.7. The van der Waals surface area contributed by atoms with Crippen LogP contribution in [0.4, 0.5) is 0 Å². The Morgan fingerprint density at radius 1 is 1.40 bits per heavy atom. The third kappa shape index (κ3) is 4.15. The standard InChI is InChI=1S/C12H23N3O4S/c1-2-20(17,18)14-10-3-6-15(7-4-10)12(16)11-9-19-8-5-13-11/h10-11,13-14H,2-9H2,1H3. The third-order valence-electron chi connectivity index (χ3n) is 3.75. The van der Waals surface area contributed by atoms with Crippen molar-refractivity contribution in [3.8, 4) is 0 Å². The third-order valence-corrected chi connectivity index (χ3v) is 5.21. The molecule has 20 heavy (non-hydrogen) atoms. The van der Waals surface area contributed by atoms with Gasteiger partial charge in [0.2, 0.25) is 15.9 Å². The number of carbonyl (C=O) groups excluding carboxylic acids is 1. The van der Waals surface area contributed by atoms with Crippen molar-refractivity contribution in [2.75, 3.05) is 38.6 Å². The number of ether oxygens (including phenoxy) is 1. The number of nitrogens with zero attached hydrogens (tertiary/aromatic N) is 1. The number of likely N-dealkylation sites (tertiary alicyclic amines) is 1. The van der Waals surface area contributed by atoms with Gasteiger partial charge in [-0.25, -0.2) is 13.1 Å². The molecule has 0 saturated carbocycles. The second kappa shape index (κ2) is 6.84. The number of amides is 1. The van der Waals surface area contributed by atoms with E-state index in [1.807, 2.05) is 0 Å². The van der Waals surface area contributed by atoms with Gasteiger partial charge in [0.1, 0.15) is 6.04 Å². The van der Waals surface area contributed by atoms with E-state index in [4.69, 9.17) is 4.74 Å². The summed E-state index contributed by atoms with van der Waals surface area (Å²) in [4.78, 5) is 14.0. The zero-order valence-electron chi connectivity index (χ0n) is 11.8. The Morgan fingerprint density at radius 3 is 2.65 bits per heavy atom. The van der Waals surface area contributed by atoms with Crippen LogP contribution in [0.25, 0.3) is 0 Å². The van der Waals surface area contributed by atoms with Crippen molar-refractivity contribution >= 4 is 15.9 Å². The van der Waals surface area contributed by atoms with Crippen LogP contribution >= 0.6 is 0 Å². The minimum atomic E-state index is -3.16. The van der Waals surface area contributed by atoms with Crippen LogP contribution in [0.1, 0.15) is 19.8 Å². The Hall–Kier alpha value is -0.700. The second-order valence-electron chi connectivity index (χ2n) is 5.20. The van der Waals surface area contributed by atoms with Gasteiger partial charge < -0.3 is 15.0 Å². The van der Waals surface area contributed by atoms with Crippen LogP contribution in [-0.4, -0.2) is 69.9 Å². The van der Waals surface area contributed by atoms with Crippen molar-refractivity contribution in [2.24, 2.45) is 0 Å². The topological polar surface area (TPSA) is 87.7 Å². The van der Waals surface area contributed by atoms with Crippen molar-refractivity contribution in [1.29, 1.82) is 0 Å². The van der Waals surface area contributed by atoms with Gasteiger partial charge in [0, 0.05) is 25.7 Å². The molecule has 0 aromatic carbocycles. The van der Waals surface area contributed by atoms with E-state index >= 15 is 0 Å². The van der Waals surface area contributed by atoms with Crippen LogP contribution in [0, 0.1) is 0 Å². The number of piperidine rings is 1. The molecule has 2 saturated heterocycles. The van der Waals surface area contributed by atoms with Gasteiger partial charge in [-0.15, -0.1) is 0 Å². The summed E-state index contributed by atoms with van der Waals surface area (Å²) in [7, 11) is -3.16. The molecule has 2 fully saturated rings. The summed E-state index contributed by atoms with van der Waals surface area (Å²) in [5.74, 6) is 0.150. The maximum absolute atomic E-state index is 12.2. The van der Waals surface area contributed by atoms with Crippen molar-refractivity contribution in [1.82, 2.24) is 14.9 Å². The van der Waals surface area contributed by atoms with E-state index in [1.54, 1.807) is 11.8 Å². The first-order valence-electron chi connectivity index (χ1n) is 7.12. The molecule has 0 bridgehead atoms. The summed E-state index contributed by atoms with van der Waals surface area (Å²) >= 11 is 0. The highest BCUT2D eigenvalue weighted by Crippen LogP contribution is 2.13. The average molecular weight is 305 g/mol. The number of nitrogens with one attached hydrogen (secondary N) is 2. The fraction of sp³-hybridized carbons (Fsp3) is 0.917. The summed E-state index contributed by atoms with van der Waals surface area (Å²) in [5.41, 5.74) is 0. The summed E-state index contributed by atoms with van der Waals surface area (Å²) in [6.07, 6.45) is 1.33. The smallest absolute Gasteiger partial charge is 0.242 e. The zero-order valence-corrected chi connectivity index (χ0v) is 12.6. The molecule has 2 aliphatic rings. The van der Waals surface area contributed by atoms with E-state index < -0.39 is 10.0 Å².